The molecule has 0 unspecified atom stereocenters. The summed E-state index contributed by atoms with van der Waals surface area (Å²) in [6.07, 6.45) is 1.35. The number of nitriles is 1. The number of benzene rings is 2. The van der Waals surface area contributed by atoms with E-state index < -0.39 is 11.5 Å². The fourth-order valence-corrected chi connectivity index (χ4v) is 2.97. The maximum Gasteiger partial charge on any atom is 0.292 e. The zero-order chi connectivity index (χ0) is 24.0. The van der Waals surface area contributed by atoms with Gasteiger partial charge in [-0.2, -0.15) is 20.1 Å². The third-order valence-electron chi connectivity index (χ3n) is 4.64. The maximum atomic E-state index is 12.7. The first-order valence-corrected chi connectivity index (χ1v) is 9.87. The van der Waals surface area contributed by atoms with Crippen molar-refractivity contribution in [3.05, 3.63) is 75.2 Å². The van der Waals surface area contributed by atoms with Crippen LogP contribution in [-0.4, -0.2) is 40.7 Å². The van der Waals surface area contributed by atoms with Crippen LogP contribution in [-0.2, 0) is 0 Å². The SMILES string of the molecule is CCOc1ccc(-n2nc(C(=O)N/N=C/c3ccc(O)c(OC)c3)c(C)c(C#N)c2=O)cc1. The number of methoxy groups -OCH3 is 1. The summed E-state index contributed by atoms with van der Waals surface area (Å²) >= 11 is 0. The van der Waals surface area contributed by atoms with Crippen molar-refractivity contribution in [2.45, 2.75) is 13.8 Å². The average Bonchev–Trinajstić information content (AvgIpc) is 2.81. The molecule has 0 aliphatic rings. The number of hydrogen-bond acceptors (Lipinski definition) is 8. The van der Waals surface area contributed by atoms with E-state index in [0.717, 1.165) is 4.68 Å². The second kappa shape index (κ2) is 10.1. The lowest BCUT2D eigenvalue weighted by atomic mass is 10.1. The molecule has 1 aromatic heterocycles. The highest BCUT2D eigenvalue weighted by molar-refractivity contribution is 5.94. The number of rotatable bonds is 7. The van der Waals surface area contributed by atoms with Gasteiger partial charge in [0.1, 0.15) is 17.4 Å². The molecule has 0 atom stereocenters. The van der Waals surface area contributed by atoms with Crippen LogP contribution in [0.1, 0.15) is 34.1 Å². The molecular weight excluding hydrogens is 426 g/mol. The highest BCUT2D eigenvalue weighted by Crippen LogP contribution is 2.25. The number of phenolic OH excluding ortho intramolecular Hbond substituents is 1. The van der Waals surface area contributed by atoms with Gasteiger partial charge in [0.05, 0.1) is 25.6 Å². The second-order valence-electron chi connectivity index (χ2n) is 6.73. The summed E-state index contributed by atoms with van der Waals surface area (Å²) in [4.78, 5) is 25.5. The number of ether oxygens (including phenoxy) is 2. The van der Waals surface area contributed by atoms with E-state index in [4.69, 9.17) is 9.47 Å². The molecular formula is C23H21N5O5. The molecule has 0 aliphatic carbocycles. The van der Waals surface area contributed by atoms with Crippen molar-refractivity contribution in [3.63, 3.8) is 0 Å². The fourth-order valence-electron chi connectivity index (χ4n) is 2.97. The van der Waals surface area contributed by atoms with Gasteiger partial charge in [-0.1, -0.05) is 0 Å². The molecule has 168 valence electrons. The summed E-state index contributed by atoms with van der Waals surface area (Å²) in [6.45, 7) is 3.81. The number of amides is 1. The smallest absolute Gasteiger partial charge is 0.292 e. The normalized spacial score (nSPS) is 10.6. The Labute approximate surface area is 189 Å². The Morgan fingerprint density at radius 1 is 1.30 bits per heavy atom. The van der Waals surface area contributed by atoms with Crippen LogP contribution in [0, 0.1) is 18.3 Å². The summed E-state index contributed by atoms with van der Waals surface area (Å²) < 4.78 is 11.4. The van der Waals surface area contributed by atoms with Crippen molar-refractivity contribution in [2.75, 3.05) is 13.7 Å². The van der Waals surface area contributed by atoms with Crippen LogP contribution in [0.25, 0.3) is 5.69 Å². The molecule has 1 amide bonds. The molecule has 0 aliphatic heterocycles. The Morgan fingerprint density at radius 2 is 2.03 bits per heavy atom. The van der Waals surface area contributed by atoms with Gasteiger partial charge < -0.3 is 14.6 Å². The molecule has 0 saturated heterocycles. The summed E-state index contributed by atoms with van der Waals surface area (Å²) in [5, 5.41) is 27.2. The number of hydrogen-bond donors (Lipinski definition) is 2. The molecule has 2 aromatic carbocycles. The lowest BCUT2D eigenvalue weighted by Crippen LogP contribution is -2.31. The lowest BCUT2D eigenvalue weighted by molar-refractivity contribution is 0.0947. The minimum absolute atomic E-state index is 0.0286. The first-order chi connectivity index (χ1) is 15.9. The van der Waals surface area contributed by atoms with Gasteiger partial charge in [-0.3, -0.25) is 9.59 Å². The third kappa shape index (κ3) is 4.99. The third-order valence-corrected chi connectivity index (χ3v) is 4.64. The molecule has 0 saturated carbocycles. The molecule has 0 bridgehead atoms. The van der Waals surface area contributed by atoms with Crippen LogP contribution in [0.3, 0.4) is 0 Å². The van der Waals surface area contributed by atoms with E-state index in [-0.39, 0.29) is 28.3 Å². The molecule has 0 spiro atoms. The number of carbonyl (C=O) groups is 1. The van der Waals surface area contributed by atoms with E-state index >= 15 is 0 Å². The maximum absolute atomic E-state index is 12.7. The van der Waals surface area contributed by atoms with Crippen LogP contribution < -0.4 is 20.5 Å². The van der Waals surface area contributed by atoms with Crippen molar-refractivity contribution in [1.82, 2.24) is 15.2 Å². The minimum atomic E-state index is -0.703. The van der Waals surface area contributed by atoms with Gasteiger partial charge in [0, 0.05) is 5.56 Å². The summed E-state index contributed by atoms with van der Waals surface area (Å²) in [5.41, 5.74) is 2.44. The van der Waals surface area contributed by atoms with Gasteiger partial charge >= 0.3 is 0 Å². The monoisotopic (exact) mass is 447 g/mol. The Bertz CT molecular complexity index is 1310. The number of aromatic nitrogens is 2. The molecule has 10 nitrogen and oxygen atoms in total. The molecule has 10 heteroatoms. The average molecular weight is 447 g/mol. The van der Waals surface area contributed by atoms with E-state index in [2.05, 4.69) is 15.6 Å². The van der Waals surface area contributed by atoms with E-state index in [9.17, 15) is 20.0 Å². The van der Waals surface area contributed by atoms with Crippen molar-refractivity contribution in [1.29, 1.82) is 5.26 Å². The van der Waals surface area contributed by atoms with Crippen molar-refractivity contribution < 1.29 is 19.4 Å². The summed E-state index contributed by atoms with van der Waals surface area (Å²) in [7, 11) is 1.41. The Hall–Kier alpha value is -4.65. The quantitative estimate of drug-likeness (QED) is 0.418. The van der Waals surface area contributed by atoms with Crippen LogP contribution in [0.2, 0.25) is 0 Å². The zero-order valence-corrected chi connectivity index (χ0v) is 18.2. The van der Waals surface area contributed by atoms with Crippen molar-refractivity contribution in [2.24, 2.45) is 5.10 Å². The van der Waals surface area contributed by atoms with Crippen LogP contribution in [0.4, 0.5) is 0 Å². The van der Waals surface area contributed by atoms with Gasteiger partial charge in [0.25, 0.3) is 11.5 Å². The topological polar surface area (TPSA) is 139 Å². The largest absolute Gasteiger partial charge is 0.504 e. The minimum Gasteiger partial charge on any atom is -0.504 e. The van der Waals surface area contributed by atoms with E-state index in [0.29, 0.717) is 23.6 Å². The zero-order valence-electron chi connectivity index (χ0n) is 18.2. The molecule has 0 fully saturated rings. The Kier molecular flexibility index (Phi) is 7.05. The first kappa shape index (κ1) is 23.0. The molecule has 33 heavy (non-hydrogen) atoms. The van der Waals surface area contributed by atoms with Gasteiger partial charge in [0.15, 0.2) is 17.2 Å². The molecule has 1 heterocycles. The van der Waals surface area contributed by atoms with Crippen LogP contribution in [0.15, 0.2) is 52.4 Å². The molecule has 2 N–H and O–H groups in total. The molecule has 3 aromatic rings. The van der Waals surface area contributed by atoms with Gasteiger partial charge in [-0.05, 0) is 61.9 Å². The number of phenols is 1. The molecule has 0 radical (unpaired) electrons. The van der Waals surface area contributed by atoms with Crippen molar-refractivity contribution in [3.8, 4) is 29.0 Å². The number of nitrogens with zero attached hydrogens (tertiary/aromatic N) is 4. The van der Waals surface area contributed by atoms with E-state index in [1.54, 1.807) is 30.3 Å². The highest BCUT2D eigenvalue weighted by Gasteiger charge is 2.20. The number of aromatic hydroxyl groups is 1. The van der Waals surface area contributed by atoms with Crippen LogP contribution in [0.5, 0.6) is 17.2 Å². The standard InChI is InChI=1S/C23H21N5O5/c1-4-33-17-8-6-16(7-9-17)28-23(31)18(12-24)14(2)21(27-28)22(30)26-25-13-15-5-10-19(29)20(11-15)32-3/h5-11,13,29H,4H2,1-3H3,(H,26,30)/b25-13+. The van der Waals surface area contributed by atoms with Crippen molar-refractivity contribution >= 4 is 12.1 Å². The fraction of sp³-hybridized carbons (Fsp3) is 0.174. The Morgan fingerprint density at radius 3 is 2.67 bits per heavy atom. The second-order valence-corrected chi connectivity index (χ2v) is 6.73. The van der Waals surface area contributed by atoms with E-state index in [1.165, 1.54) is 32.4 Å². The Balaban J connectivity index is 1.92. The predicted molar refractivity (Wildman–Crippen MR) is 120 cm³/mol. The number of nitrogens with one attached hydrogen (secondary N) is 1. The predicted octanol–water partition coefficient (Wildman–Crippen LogP) is 2.29. The number of hydrazone groups is 1. The highest BCUT2D eigenvalue weighted by atomic mass is 16.5. The summed E-state index contributed by atoms with van der Waals surface area (Å²) in [6, 6.07) is 12.9. The van der Waals surface area contributed by atoms with Gasteiger partial charge in [-0.15, -0.1) is 0 Å². The number of carbonyl (C=O) groups excluding carboxylic acids is 1. The molecule has 3 rings (SSSR count). The first-order valence-electron chi connectivity index (χ1n) is 9.87. The van der Waals surface area contributed by atoms with Gasteiger partial charge in [-0.25, -0.2) is 5.43 Å². The van der Waals surface area contributed by atoms with Crippen LogP contribution >= 0.6 is 0 Å². The lowest BCUT2D eigenvalue weighted by Gasteiger charge is -2.11. The van der Waals surface area contributed by atoms with E-state index in [1.807, 2.05) is 13.0 Å². The summed E-state index contributed by atoms with van der Waals surface area (Å²) in [5.74, 6) is 0.133. The van der Waals surface area contributed by atoms with Gasteiger partial charge in [0.2, 0.25) is 0 Å².